The van der Waals surface area contributed by atoms with Gasteiger partial charge in [-0.1, -0.05) is 26.0 Å². The molecule has 2 nitrogen and oxygen atoms in total. The molecule has 0 heterocycles. The lowest BCUT2D eigenvalue weighted by Gasteiger charge is -2.08. The predicted molar refractivity (Wildman–Crippen MR) is 50.3 cm³/mol. The maximum absolute atomic E-state index is 10.4. The van der Waals surface area contributed by atoms with Gasteiger partial charge in [-0.05, 0) is 17.5 Å². The van der Waals surface area contributed by atoms with Gasteiger partial charge in [0.15, 0.2) is 0 Å². The maximum Gasteiger partial charge on any atom is 0.150 e. The van der Waals surface area contributed by atoms with E-state index in [4.69, 9.17) is 5.73 Å². The smallest absolute Gasteiger partial charge is 0.150 e. The van der Waals surface area contributed by atoms with Crippen molar-refractivity contribution < 1.29 is 4.79 Å². The Labute approximate surface area is 72.4 Å². The summed E-state index contributed by atoms with van der Waals surface area (Å²) in [5.74, 6) is 0.408. The first-order valence-corrected chi connectivity index (χ1v) is 3.99. The first-order chi connectivity index (χ1) is 5.65. The number of hydrogen-bond donors (Lipinski definition) is 1. The normalized spacial score (nSPS) is 10.2. The Hall–Kier alpha value is -1.31. The van der Waals surface area contributed by atoms with Crippen LogP contribution in [0.25, 0.3) is 0 Å². The lowest BCUT2D eigenvalue weighted by Crippen LogP contribution is -1.97. The Kier molecular flexibility index (Phi) is 2.48. The number of benzene rings is 1. The average Bonchev–Trinajstić information content (AvgIpc) is 2.03. The van der Waals surface area contributed by atoms with Crippen molar-refractivity contribution in [2.45, 2.75) is 19.8 Å². The molecule has 2 N–H and O–H groups in total. The number of carbonyl (C=O) groups is 1. The Morgan fingerprint density at radius 1 is 1.42 bits per heavy atom. The molecule has 1 aromatic carbocycles. The minimum atomic E-state index is 0.408. The standard InChI is InChI=1S/C10H13NO/c1-7(2)9-4-3-8(6-12)5-10(9)11/h3-7H,11H2,1-2H3. The zero-order valence-electron chi connectivity index (χ0n) is 7.37. The number of rotatable bonds is 2. The molecule has 0 saturated heterocycles. The summed E-state index contributed by atoms with van der Waals surface area (Å²) in [6, 6.07) is 5.41. The van der Waals surface area contributed by atoms with Crippen LogP contribution in [0.3, 0.4) is 0 Å². The van der Waals surface area contributed by atoms with Crippen LogP contribution in [0.2, 0.25) is 0 Å². The van der Waals surface area contributed by atoms with Gasteiger partial charge >= 0.3 is 0 Å². The van der Waals surface area contributed by atoms with E-state index in [1.54, 1.807) is 12.1 Å². The number of nitrogen functional groups attached to an aromatic ring is 1. The number of aldehydes is 1. The molecule has 1 aromatic rings. The monoisotopic (exact) mass is 163 g/mol. The molecule has 0 atom stereocenters. The molecule has 0 saturated carbocycles. The molecule has 0 fully saturated rings. The highest BCUT2D eigenvalue weighted by Gasteiger charge is 2.03. The Morgan fingerprint density at radius 3 is 2.50 bits per heavy atom. The first-order valence-electron chi connectivity index (χ1n) is 3.99. The molecular formula is C10H13NO. The van der Waals surface area contributed by atoms with Gasteiger partial charge in [0.05, 0.1) is 0 Å². The third-order valence-corrected chi connectivity index (χ3v) is 1.87. The van der Waals surface area contributed by atoms with E-state index in [1.165, 1.54) is 0 Å². The van der Waals surface area contributed by atoms with Gasteiger partial charge in [-0.25, -0.2) is 0 Å². The number of carbonyl (C=O) groups excluding carboxylic acids is 1. The van der Waals surface area contributed by atoms with Crippen LogP contribution in [0.1, 0.15) is 35.7 Å². The van der Waals surface area contributed by atoms with Crippen LogP contribution < -0.4 is 5.73 Å². The lowest BCUT2D eigenvalue weighted by molar-refractivity contribution is 0.112. The largest absolute Gasteiger partial charge is 0.398 e. The fourth-order valence-electron chi connectivity index (χ4n) is 1.19. The lowest BCUT2D eigenvalue weighted by atomic mass is 10.00. The van der Waals surface area contributed by atoms with E-state index in [-0.39, 0.29) is 0 Å². The molecule has 64 valence electrons. The fourth-order valence-corrected chi connectivity index (χ4v) is 1.19. The molecular weight excluding hydrogens is 150 g/mol. The van der Waals surface area contributed by atoms with E-state index in [2.05, 4.69) is 13.8 Å². The highest BCUT2D eigenvalue weighted by molar-refractivity contribution is 5.77. The molecule has 0 unspecified atom stereocenters. The molecule has 0 bridgehead atoms. The van der Waals surface area contributed by atoms with Crippen LogP contribution in [0, 0.1) is 0 Å². The molecule has 0 aliphatic heterocycles. The first kappa shape index (κ1) is 8.78. The van der Waals surface area contributed by atoms with Crippen molar-refractivity contribution in [1.29, 1.82) is 0 Å². The summed E-state index contributed by atoms with van der Waals surface area (Å²) < 4.78 is 0. The molecule has 2 heteroatoms. The highest BCUT2D eigenvalue weighted by atomic mass is 16.1. The predicted octanol–water partition coefficient (Wildman–Crippen LogP) is 2.20. The summed E-state index contributed by atoms with van der Waals surface area (Å²) in [7, 11) is 0. The van der Waals surface area contributed by atoms with Crippen molar-refractivity contribution in [3.63, 3.8) is 0 Å². The molecule has 0 amide bonds. The van der Waals surface area contributed by atoms with Crippen molar-refractivity contribution >= 4 is 12.0 Å². The van der Waals surface area contributed by atoms with Crippen LogP contribution in [0.4, 0.5) is 5.69 Å². The van der Waals surface area contributed by atoms with E-state index < -0.39 is 0 Å². The SMILES string of the molecule is CC(C)c1ccc(C=O)cc1N. The number of nitrogens with two attached hydrogens (primary N) is 1. The molecule has 12 heavy (non-hydrogen) atoms. The van der Waals surface area contributed by atoms with Crippen molar-refractivity contribution in [1.82, 2.24) is 0 Å². The van der Waals surface area contributed by atoms with E-state index >= 15 is 0 Å². The second-order valence-electron chi connectivity index (χ2n) is 3.16. The molecule has 1 rings (SSSR count). The third-order valence-electron chi connectivity index (χ3n) is 1.87. The van der Waals surface area contributed by atoms with Gasteiger partial charge in [-0.2, -0.15) is 0 Å². The third kappa shape index (κ3) is 1.64. The maximum atomic E-state index is 10.4. The van der Waals surface area contributed by atoms with Gasteiger partial charge in [-0.15, -0.1) is 0 Å². The molecule has 0 radical (unpaired) electrons. The number of hydrogen-bond acceptors (Lipinski definition) is 2. The van der Waals surface area contributed by atoms with E-state index in [9.17, 15) is 4.79 Å². The van der Waals surface area contributed by atoms with Crippen LogP contribution in [-0.4, -0.2) is 6.29 Å². The summed E-state index contributed by atoms with van der Waals surface area (Å²) in [6.45, 7) is 4.15. The second kappa shape index (κ2) is 3.39. The van der Waals surface area contributed by atoms with Crippen LogP contribution in [0.5, 0.6) is 0 Å². The summed E-state index contributed by atoms with van der Waals surface area (Å²) in [4.78, 5) is 10.4. The number of anilines is 1. The zero-order valence-corrected chi connectivity index (χ0v) is 7.37. The summed E-state index contributed by atoms with van der Waals surface area (Å²) >= 11 is 0. The van der Waals surface area contributed by atoms with Gasteiger partial charge in [-0.3, -0.25) is 4.79 Å². The average molecular weight is 163 g/mol. The van der Waals surface area contributed by atoms with E-state index in [1.807, 2.05) is 6.07 Å². The molecule has 0 aliphatic rings. The summed E-state index contributed by atoms with van der Waals surface area (Å²) in [5, 5.41) is 0. The summed E-state index contributed by atoms with van der Waals surface area (Å²) in [6.07, 6.45) is 0.806. The van der Waals surface area contributed by atoms with E-state index in [0.29, 0.717) is 17.2 Å². The Morgan fingerprint density at radius 2 is 2.08 bits per heavy atom. The molecule has 0 aliphatic carbocycles. The minimum absolute atomic E-state index is 0.408. The second-order valence-corrected chi connectivity index (χ2v) is 3.16. The van der Waals surface area contributed by atoms with Crippen molar-refractivity contribution in [3.05, 3.63) is 29.3 Å². The van der Waals surface area contributed by atoms with Crippen molar-refractivity contribution in [3.8, 4) is 0 Å². The van der Waals surface area contributed by atoms with Gasteiger partial charge in [0, 0.05) is 11.3 Å². The van der Waals surface area contributed by atoms with Gasteiger partial charge < -0.3 is 5.73 Å². The molecule has 0 spiro atoms. The van der Waals surface area contributed by atoms with Crippen molar-refractivity contribution in [2.75, 3.05) is 5.73 Å². The topological polar surface area (TPSA) is 43.1 Å². The summed E-state index contributed by atoms with van der Waals surface area (Å²) in [5.41, 5.74) is 8.18. The van der Waals surface area contributed by atoms with Gasteiger partial charge in [0.25, 0.3) is 0 Å². The van der Waals surface area contributed by atoms with Crippen molar-refractivity contribution in [2.24, 2.45) is 0 Å². The Bertz CT molecular complexity index is 292. The van der Waals surface area contributed by atoms with Crippen LogP contribution >= 0.6 is 0 Å². The van der Waals surface area contributed by atoms with E-state index in [0.717, 1.165) is 11.8 Å². The zero-order chi connectivity index (χ0) is 9.14. The van der Waals surface area contributed by atoms with Gasteiger partial charge in [0.2, 0.25) is 0 Å². The highest BCUT2D eigenvalue weighted by Crippen LogP contribution is 2.21. The van der Waals surface area contributed by atoms with Crippen LogP contribution in [0.15, 0.2) is 18.2 Å². The van der Waals surface area contributed by atoms with Crippen LogP contribution in [-0.2, 0) is 0 Å². The minimum Gasteiger partial charge on any atom is -0.398 e. The fraction of sp³-hybridized carbons (Fsp3) is 0.300. The Balaban J connectivity index is 3.11. The quantitative estimate of drug-likeness (QED) is 0.536. The molecule has 0 aromatic heterocycles. The van der Waals surface area contributed by atoms with Gasteiger partial charge in [0.1, 0.15) is 6.29 Å².